The Kier molecular flexibility index (Phi) is 5.43. The number of rotatable bonds is 4. The summed E-state index contributed by atoms with van der Waals surface area (Å²) in [7, 11) is 0. The minimum absolute atomic E-state index is 0.218. The third-order valence-electron chi connectivity index (χ3n) is 4.22. The number of hydrogen-bond acceptors (Lipinski definition) is 6. The maximum atomic E-state index is 12.6. The van der Waals surface area contributed by atoms with Gasteiger partial charge in [-0.15, -0.1) is 0 Å². The molecular weight excluding hydrogens is 428 g/mol. The van der Waals surface area contributed by atoms with Crippen LogP contribution in [-0.2, 0) is 9.59 Å². The Balaban J connectivity index is 1.46. The van der Waals surface area contributed by atoms with Crippen LogP contribution in [0.25, 0.3) is 17.0 Å². The van der Waals surface area contributed by atoms with Crippen LogP contribution in [0.2, 0.25) is 5.02 Å². The van der Waals surface area contributed by atoms with Gasteiger partial charge in [0.1, 0.15) is 12.1 Å². The van der Waals surface area contributed by atoms with Crippen LogP contribution in [0.15, 0.2) is 68.7 Å². The second-order valence-electron chi connectivity index (χ2n) is 6.38. The van der Waals surface area contributed by atoms with Crippen molar-refractivity contribution in [2.75, 3.05) is 11.9 Å². The van der Waals surface area contributed by atoms with Gasteiger partial charge in [-0.2, -0.15) is 0 Å². The van der Waals surface area contributed by atoms with Gasteiger partial charge in [-0.3, -0.25) is 19.3 Å². The number of carbonyl (C=O) groups excluding carboxylic acids is 3. The van der Waals surface area contributed by atoms with E-state index in [0.29, 0.717) is 27.2 Å². The van der Waals surface area contributed by atoms with Crippen LogP contribution in [0.1, 0.15) is 5.56 Å². The molecule has 1 saturated heterocycles. The summed E-state index contributed by atoms with van der Waals surface area (Å²) in [6.07, 6.45) is 1.56. The molecular formula is C21H13ClN2O5S. The van der Waals surface area contributed by atoms with Crippen molar-refractivity contribution in [1.82, 2.24) is 4.90 Å². The number of nitrogens with one attached hydrogen (secondary N) is 1. The van der Waals surface area contributed by atoms with Crippen LogP contribution in [-0.4, -0.2) is 28.5 Å². The predicted octanol–water partition coefficient (Wildman–Crippen LogP) is 4.12. The summed E-state index contributed by atoms with van der Waals surface area (Å²) in [6, 6.07) is 14.5. The first-order valence-corrected chi connectivity index (χ1v) is 9.93. The van der Waals surface area contributed by atoms with E-state index in [1.54, 1.807) is 54.6 Å². The fourth-order valence-electron chi connectivity index (χ4n) is 2.88. The third-order valence-corrected chi connectivity index (χ3v) is 5.37. The molecule has 1 aromatic heterocycles. The molecule has 3 amide bonds. The first-order valence-electron chi connectivity index (χ1n) is 8.74. The molecule has 150 valence electrons. The number of carbonyl (C=O) groups is 3. The monoisotopic (exact) mass is 440 g/mol. The van der Waals surface area contributed by atoms with Gasteiger partial charge < -0.3 is 9.73 Å². The zero-order valence-corrected chi connectivity index (χ0v) is 16.8. The number of amides is 3. The molecule has 2 heterocycles. The fraction of sp³-hybridized carbons (Fsp3) is 0.0476. The molecule has 1 N–H and O–H groups in total. The quantitative estimate of drug-likeness (QED) is 0.484. The first kappa shape index (κ1) is 19.9. The van der Waals surface area contributed by atoms with E-state index in [1.807, 2.05) is 0 Å². The van der Waals surface area contributed by atoms with Gasteiger partial charge in [0.05, 0.1) is 4.91 Å². The third kappa shape index (κ3) is 4.29. The molecule has 30 heavy (non-hydrogen) atoms. The summed E-state index contributed by atoms with van der Waals surface area (Å²) in [6.45, 7) is -0.417. The number of nitrogens with zero attached hydrogens (tertiary/aromatic N) is 1. The van der Waals surface area contributed by atoms with Crippen molar-refractivity contribution in [3.63, 3.8) is 0 Å². The molecule has 1 fully saturated rings. The maximum Gasteiger partial charge on any atom is 0.336 e. The van der Waals surface area contributed by atoms with Gasteiger partial charge in [-0.05, 0) is 59.8 Å². The lowest BCUT2D eigenvalue weighted by Gasteiger charge is -2.12. The predicted molar refractivity (Wildman–Crippen MR) is 115 cm³/mol. The molecule has 0 unspecified atom stereocenters. The van der Waals surface area contributed by atoms with E-state index in [9.17, 15) is 19.2 Å². The number of fused-ring (bicyclic) bond motifs is 1. The molecule has 0 radical (unpaired) electrons. The largest absolute Gasteiger partial charge is 0.423 e. The van der Waals surface area contributed by atoms with Gasteiger partial charge in [0, 0.05) is 22.2 Å². The van der Waals surface area contributed by atoms with Gasteiger partial charge in [-0.1, -0.05) is 23.7 Å². The van der Waals surface area contributed by atoms with Crippen molar-refractivity contribution in [2.45, 2.75) is 0 Å². The van der Waals surface area contributed by atoms with Gasteiger partial charge in [-0.25, -0.2) is 4.79 Å². The smallest absolute Gasteiger partial charge is 0.336 e. The number of imide groups is 1. The van der Waals surface area contributed by atoms with Crippen molar-refractivity contribution in [3.8, 4) is 0 Å². The lowest BCUT2D eigenvalue weighted by Crippen LogP contribution is -2.36. The molecule has 3 aromatic rings. The van der Waals surface area contributed by atoms with E-state index in [-0.39, 0.29) is 4.91 Å². The Hall–Kier alpha value is -3.36. The van der Waals surface area contributed by atoms with E-state index in [2.05, 4.69) is 5.32 Å². The number of anilines is 1. The summed E-state index contributed by atoms with van der Waals surface area (Å²) in [5.41, 5.74) is 1.05. The average Bonchev–Trinajstić information content (AvgIpc) is 2.95. The van der Waals surface area contributed by atoms with Crippen LogP contribution >= 0.6 is 23.4 Å². The Morgan fingerprint density at radius 1 is 1.10 bits per heavy atom. The lowest BCUT2D eigenvalue weighted by molar-refractivity contribution is -0.127. The van der Waals surface area contributed by atoms with Gasteiger partial charge in [0.2, 0.25) is 5.91 Å². The Labute approximate surface area is 179 Å². The van der Waals surface area contributed by atoms with Crippen LogP contribution in [0.3, 0.4) is 0 Å². The minimum Gasteiger partial charge on any atom is -0.423 e. The molecule has 2 aromatic carbocycles. The molecule has 7 nitrogen and oxygen atoms in total. The summed E-state index contributed by atoms with van der Waals surface area (Å²) >= 11 is 6.71. The molecule has 0 saturated carbocycles. The highest BCUT2D eigenvalue weighted by molar-refractivity contribution is 8.18. The van der Waals surface area contributed by atoms with Crippen molar-refractivity contribution in [1.29, 1.82) is 0 Å². The SMILES string of the molecule is O=C(CN1C(=O)SC(=Cc2cccc(Cl)c2)C1=O)Nc1ccc2oc(=O)ccc2c1. The van der Waals surface area contributed by atoms with Crippen LogP contribution < -0.4 is 10.9 Å². The van der Waals surface area contributed by atoms with E-state index >= 15 is 0 Å². The van der Waals surface area contributed by atoms with Gasteiger partial charge in [0.25, 0.3) is 11.1 Å². The summed E-state index contributed by atoms with van der Waals surface area (Å²) < 4.78 is 5.04. The number of halogens is 1. The Bertz CT molecular complexity index is 1280. The lowest BCUT2D eigenvalue weighted by atomic mass is 10.2. The van der Waals surface area contributed by atoms with Crippen molar-refractivity contribution in [2.24, 2.45) is 0 Å². The number of thioether (sulfide) groups is 1. The molecule has 1 aliphatic rings. The number of hydrogen-bond donors (Lipinski definition) is 1. The normalized spacial score (nSPS) is 15.2. The zero-order chi connectivity index (χ0) is 21.3. The van der Waals surface area contributed by atoms with Gasteiger partial charge in [0.15, 0.2) is 0 Å². The molecule has 4 rings (SSSR count). The van der Waals surface area contributed by atoms with Crippen LogP contribution in [0.4, 0.5) is 10.5 Å². The number of benzene rings is 2. The molecule has 0 atom stereocenters. The highest BCUT2D eigenvalue weighted by atomic mass is 35.5. The van der Waals surface area contributed by atoms with Crippen molar-refractivity contribution < 1.29 is 18.8 Å². The van der Waals surface area contributed by atoms with Crippen molar-refractivity contribution in [3.05, 3.63) is 80.5 Å². The van der Waals surface area contributed by atoms with Crippen LogP contribution in [0.5, 0.6) is 0 Å². The molecule has 0 spiro atoms. The Morgan fingerprint density at radius 2 is 1.93 bits per heavy atom. The van der Waals surface area contributed by atoms with E-state index in [0.717, 1.165) is 16.7 Å². The molecule has 0 bridgehead atoms. The topological polar surface area (TPSA) is 96.7 Å². The van der Waals surface area contributed by atoms with Crippen molar-refractivity contribution >= 4 is 63.1 Å². The average molecular weight is 441 g/mol. The van der Waals surface area contributed by atoms with E-state index < -0.39 is 29.2 Å². The fourth-order valence-corrected chi connectivity index (χ4v) is 3.91. The highest BCUT2D eigenvalue weighted by Crippen LogP contribution is 2.32. The summed E-state index contributed by atoms with van der Waals surface area (Å²) in [5, 5.41) is 3.25. The molecule has 1 aliphatic heterocycles. The summed E-state index contributed by atoms with van der Waals surface area (Å²) in [5.74, 6) is -1.07. The second kappa shape index (κ2) is 8.17. The zero-order valence-electron chi connectivity index (χ0n) is 15.3. The maximum absolute atomic E-state index is 12.6. The standard InChI is InChI=1S/C21H13ClN2O5S/c22-14-3-1-2-12(8-14)9-17-20(27)24(21(28)30-17)11-18(25)23-15-5-6-16-13(10-15)4-7-19(26)29-16/h1-10H,11H2,(H,23,25). The Morgan fingerprint density at radius 3 is 2.73 bits per heavy atom. The molecule has 9 heteroatoms. The van der Waals surface area contributed by atoms with E-state index in [1.165, 1.54) is 6.07 Å². The second-order valence-corrected chi connectivity index (χ2v) is 7.81. The van der Waals surface area contributed by atoms with Crippen LogP contribution in [0, 0.1) is 0 Å². The summed E-state index contributed by atoms with van der Waals surface area (Å²) in [4.78, 5) is 49.5. The minimum atomic E-state index is -0.541. The molecule has 0 aliphatic carbocycles. The first-order chi connectivity index (χ1) is 14.4. The highest BCUT2D eigenvalue weighted by Gasteiger charge is 2.36. The van der Waals surface area contributed by atoms with Gasteiger partial charge >= 0.3 is 5.63 Å². The van der Waals surface area contributed by atoms with E-state index in [4.69, 9.17) is 16.0 Å².